The van der Waals surface area contributed by atoms with Gasteiger partial charge < -0.3 is 10.6 Å². The summed E-state index contributed by atoms with van der Waals surface area (Å²) in [6.45, 7) is 1.45. The summed E-state index contributed by atoms with van der Waals surface area (Å²) in [5, 5.41) is 8.67. The van der Waals surface area contributed by atoms with Crippen molar-refractivity contribution in [2.45, 2.75) is 57.7 Å². The predicted molar refractivity (Wildman–Crippen MR) is 101 cm³/mol. The van der Waals surface area contributed by atoms with Crippen LogP contribution in [0.15, 0.2) is 29.4 Å². The molecule has 1 saturated carbocycles. The number of hydrogen-bond acceptors (Lipinski definition) is 4. The highest BCUT2D eigenvalue weighted by molar-refractivity contribution is 6.35. The summed E-state index contributed by atoms with van der Waals surface area (Å²) < 4.78 is 38.1. The number of nitrogens with one attached hydrogen (secondary N) is 3. The van der Waals surface area contributed by atoms with Crippen molar-refractivity contribution in [1.82, 2.24) is 10.7 Å². The van der Waals surface area contributed by atoms with Crippen LogP contribution in [0.5, 0.6) is 0 Å². The minimum Gasteiger partial charge on any atom is -0.345 e. The van der Waals surface area contributed by atoms with E-state index in [9.17, 15) is 27.6 Å². The van der Waals surface area contributed by atoms with Gasteiger partial charge in [-0.2, -0.15) is 18.3 Å². The van der Waals surface area contributed by atoms with Gasteiger partial charge >= 0.3 is 18.0 Å². The molecule has 0 atom stereocenters. The molecule has 0 radical (unpaired) electrons. The Morgan fingerprint density at radius 2 is 1.79 bits per heavy atom. The van der Waals surface area contributed by atoms with Gasteiger partial charge in [-0.3, -0.25) is 14.4 Å². The van der Waals surface area contributed by atoms with Crippen molar-refractivity contribution in [3.05, 3.63) is 29.8 Å². The number of hydrogen-bond donors (Lipinski definition) is 3. The summed E-state index contributed by atoms with van der Waals surface area (Å²) in [6.07, 6.45) is 0.00959. The van der Waals surface area contributed by atoms with E-state index in [1.54, 1.807) is 0 Å². The topological polar surface area (TPSA) is 99.7 Å². The third kappa shape index (κ3) is 7.55. The zero-order chi connectivity index (χ0) is 21.4. The Bertz CT molecular complexity index is 787. The molecule has 0 aromatic heterocycles. The molecule has 3 amide bonds. The molecule has 1 aliphatic carbocycles. The molecule has 0 bridgehead atoms. The van der Waals surface area contributed by atoms with E-state index >= 15 is 0 Å². The molecule has 2 rings (SSSR count). The molecule has 0 saturated heterocycles. The SMILES string of the molecule is C/C(CC(=O)Nc1cccc(C(F)(F)F)c1)=N/NC(=O)C(=O)NC1CCCCC1. The summed E-state index contributed by atoms with van der Waals surface area (Å²) >= 11 is 0. The van der Waals surface area contributed by atoms with Crippen LogP contribution in [-0.2, 0) is 20.6 Å². The standard InChI is InChI=1S/C19H23F3N4O3/c1-12(25-26-18(29)17(28)24-14-7-3-2-4-8-14)10-16(27)23-15-9-5-6-13(11-15)19(20,21)22/h5-6,9,11,14H,2-4,7-8,10H2,1H3,(H,23,27)(H,24,28)(H,26,29)/b25-12-. The van der Waals surface area contributed by atoms with Crippen LogP contribution in [0.2, 0.25) is 0 Å². The number of anilines is 1. The fourth-order valence-corrected chi connectivity index (χ4v) is 2.95. The van der Waals surface area contributed by atoms with E-state index < -0.39 is 29.5 Å². The van der Waals surface area contributed by atoms with Crippen molar-refractivity contribution >= 4 is 29.1 Å². The van der Waals surface area contributed by atoms with E-state index in [0.29, 0.717) is 0 Å². The highest BCUT2D eigenvalue weighted by atomic mass is 19.4. The molecule has 1 aliphatic rings. The average molecular weight is 412 g/mol. The van der Waals surface area contributed by atoms with Gasteiger partial charge in [0, 0.05) is 17.4 Å². The lowest BCUT2D eigenvalue weighted by Gasteiger charge is -2.22. The smallest absolute Gasteiger partial charge is 0.345 e. The van der Waals surface area contributed by atoms with Gasteiger partial charge in [0.05, 0.1) is 12.0 Å². The van der Waals surface area contributed by atoms with Crippen molar-refractivity contribution in [1.29, 1.82) is 0 Å². The molecule has 1 fully saturated rings. The summed E-state index contributed by atoms with van der Waals surface area (Å²) in [7, 11) is 0. The maximum absolute atomic E-state index is 12.7. The Labute approximate surface area is 166 Å². The number of hydrazone groups is 1. The van der Waals surface area contributed by atoms with Crippen LogP contribution in [0.3, 0.4) is 0 Å². The van der Waals surface area contributed by atoms with Crippen molar-refractivity contribution in [2.75, 3.05) is 5.32 Å². The van der Waals surface area contributed by atoms with E-state index in [0.717, 1.165) is 44.2 Å². The molecule has 7 nitrogen and oxygen atoms in total. The van der Waals surface area contributed by atoms with Crippen LogP contribution >= 0.6 is 0 Å². The molecule has 0 unspecified atom stereocenters. The minimum atomic E-state index is -4.51. The van der Waals surface area contributed by atoms with Crippen LogP contribution < -0.4 is 16.1 Å². The lowest BCUT2D eigenvalue weighted by Crippen LogP contribution is -2.44. The number of nitrogens with zero attached hydrogens (tertiary/aromatic N) is 1. The van der Waals surface area contributed by atoms with E-state index in [4.69, 9.17) is 0 Å². The van der Waals surface area contributed by atoms with Crippen LogP contribution in [0.4, 0.5) is 18.9 Å². The molecule has 158 valence electrons. The van der Waals surface area contributed by atoms with E-state index in [2.05, 4.69) is 21.2 Å². The Hall–Kier alpha value is -2.91. The molecule has 1 aromatic rings. The molecule has 0 spiro atoms. The molecule has 0 aliphatic heterocycles. The van der Waals surface area contributed by atoms with Gasteiger partial charge in [0.2, 0.25) is 5.91 Å². The second-order valence-corrected chi connectivity index (χ2v) is 6.90. The second-order valence-electron chi connectivity index (χ2n) is 6.90. The van der Waals surface area contributed by atoms with Crippen molar-refractivity contribution < 1.29 is 27.6 Å². The molecule has 0 heterocycles. The fraction of sp³-hybridized carbons (Fsp3) is 0.474. The number of benzene rings is 1. The van der Waals surface area contributed by atoms with Gasteiger partial charge in [-0.15, -0.1) is 0 Å². The molecule has 3 N–H and O–H groups in total. The molecular formula is C19H23F3N4O3. The Morgan fingerprint density at radius 3 is 2.45 bits per heavy atom. The Balaban J connectivity index is 1.81. The zero-order valence-corrected chi connectivity index (χ0v) is 15.9. The van der Waals surface area contributed by atoms with Crippen molar-refractivity contribution in [2.24, 2.45) is 5.10 Å². The average Bonchev–Trinajstić information content (AvgIpc) is 2.66. The number of carbonyl (C=O) groups excluding carboxylic acids is 3. The second kappa shape index (κ2) is 10.0. The Kier molecular flexibility index (Phi) is 7.74. The summed E-state index contributed by atoms with van der Waals surface area (Å²) in [4.78, 5) is 35.6. The highest BCUT2D eigenvalue weighted by Gasteiger charge is 2.30. The maximum atomic E-state index is 12.7. The normalized spacial score (nSPS) is 15.5. The highest BCUT2D eigenvalue weighted by Crippen LogP contribution is 2.30. The van der Waals surface area contributed by atoms with Crippen molar-refractivity contribution in [3.8, 4) is 0 Å². The van der Waals surface area contributed by atoms with Gasteiger partial charge in [-0.05, 0) is 38.0 Å². The van der Waals surface area contributed by atoms with Crippen LogP contribution in [0.25, 0.3) is 0 Å². The Morgan fingerprint density at radius 1 is 1.10 bits per heavy atom. The monoisotopic (exact) mass is 412 g/mol. The van der Waals surface area contributed by atoms with Crippen molar-refractivity contribution in [3.63, 3.8) is 0 Å². The number of halogens is 3. The first kappa shape index (κ1) is 22.4. The lowest BCUT2D eigenvalue weighted by atomic mass is 9.95. The number of rotatable bonds is 5. The van der Waals surface area contributed by atoms with E-state index in [-0.39, 0.29) is 23.9 Å². The number of amides is 3. The first-order valence-corrected chi connectivity index (χ1v) is 9.26. The summed E-state index contributed by atoms with van der Waals surface area (Å²) in [6, 6.07) is 4.21. The van der Waals surface area contributed by atoms with E-state index in [1.807, 2.05) is 0 Å². The number of alkyl halides is 3. The van der Waals surface area contributed by atoms with Crippen LogP contribution in [0.1, 0.15) is 51.0 Å². The third-order valence-corrected chi connectivity index (χ3v) is 4.38. The summed E-state index contributed by atoms with van der Waals surface area (Å²) in [5.74, 6) is -2.33. The molecule has 1 aromatic carbocycles. The maximum Gasteiger partial charge on any atom is 0.416 e. The van der Waals surface area contributed by atoms with Gasteiger partial charge in [-0.1, -0.05) is 25.3 Å². The predicted octanol–water partition coefficient (Wildman–Crippen LogP) is 2.98. The first-order chi connectivity index (χ1) is 13.6. The van der Waals surface area contributed by atoms with Crippen LogP contribution in [0, 0.1) is 0 Å². The first-order valence-electron chi connectivity index (χ1n) is 9.26. The van der Waals surface area contributed by atoms with E-state index in [1.165, 1.54) is 19.1 Å². The summed E-state index contributed by atoms with van der Waals surface area (Å²) in [5.41, 5.74) is 1.38. The largest absolute Gasteiger partial charge is 0.416 e. The zero-order valence-electron chi connectivity index (χ0n) is 15.9. The molecule has 10 heteroatoms. The minimum absolute atomic E-state index is 0.00600. The van der Waals surface area contributed by atoms with Gasteiger partial charge in [-0.25, -0.2) is 5.43 Å². The number of carbonyl (C=O) groups is 3. The molecule has 29 heavy (non-hydrogen) atoms. The van der Waals surface area contributed by atoms with Gasteiger partial charge in [0.25, 0.3) is 0 Å². The van der Waals surface area contributed by atoms with Crippen LogP contribution in [-0.4, -0.2) is 29.5 Å². The fourth-order valence-electron chi connectivity index (χ4n) is 2.95. The lowest BCUT2D eigenvalue weighted by molar-refractivity contribution is -0.139. The quantitative estimate of drug-likeness (QED) is 0.394. The third-order valence-electron chi connectivity index (χ3n) is 4.38. The molecular weight excluding hydrogens is 389 g/mol. The van der Waals surface area contributed by atoms with Gasteiger partial charge in [0.1, 0.15) is 0 Å². The van der Waals surface area contributed by atoms with Gasteiger partial charge in [0.15, 0.2) is 0 Å².